The summed E-state index contributed by atoms with van der Waals surface area (Å²) < 4.78 is 26.1. The van der Waals surface area contributed by atoms with Crippen molar-refractivity contribution in [1.82, 2.24) is 29.8 Å². The zero-order valence-electron chi connectivity index (χ0n) is 62.2. The van der Waals surface area contributed by atoms with Crippen molar-refractivity contribution in [2.24, 2.45) is 10.8 Å². The van der Waals surface area contributed by atoms with Gasteiger partial charge in [-0.3, -0.25) is 37.2 Å². The molecule has 6 aromatic carbocycles. The monoisotopic (exact) mass is 1650 g/mol. The molecule has 2 spiro atoms. The van der Waals surface area contributed by atoms with Crippen LogP contribution >= 0.6 is 112 Å². The van der Waals surface area contributed by atoms with Gasteiger partial charge in [-0.1, -0.05) is 185 Å². The van der Waals surface area contributed by atoms with E-state index >= 15 is 0 Å². The molecule has 10 rings (SSSR count). The molecule has 0 aromatic heterocycles. The van der Waals surface area contributed by atoms with Crippen LogP contribution in [0.1, 0.15) is 127 Å². The third-order valence-electron chi connectivity index (χ3n) is 20.4. The van der Waals surface area contributed by atoms with Crippen LogP contribution in [-0.2, 0) is 82.4 Å². The number of carbonyl (C=O) groups excluding carboxylic acids is 6. The minimum absolute atomic E-state index is 0. The van der Waals surface area contributed by atoms with Crippen molar-refractivity contribution in [1.29, 1.82) is 0 Å². The number of fused-ring (bicyclic) bond motifs is 4. The fraction of sp³-hybridized carbons (Fsp3) is 0.462. The van der Waals surface area contributed by atoms with Gasteiger partial charge in [-0.15, -0.1) is 0 Å². The Morgan fingerprint density at radius 3 is 1.25 bits per heavy atom. The standard InChI is InChI=1S/C39H48Cl2N4O4S.C29H39Cl2N3O2S.C10H10ClNO2.4H2S/c1-7-45(30-14-9-8-10-15-30)35(47)34(46)43(6)38(27-42(5)36(48)37(2,3)4,29-17-18-32(40)33(41)25-29)19-22-44-23-20-39(21-24-44)31-16-12-11-13-28(31)26-50(39)49;1-27(2,3)26(35)33(5)20-28(32-4,22-10-11-24(30)25(31)18-22)12-15-34-16-13-29(14-17-34)23-9-7-6-8-21(23)19-37(29)36;1-2-12(10(14)9(11)13)8-6-4-3-5-7-8;;;;/h8-18,25H,7,19-24,26-27H2,1-6H3;6-11,18,32H,12-17,19-20H2,1-5H3;3-7H,2H2,1H3;4*1H2/t38-,50?;28-,37?;;;;;/m11...../s1. The number of nitrogens with one attached hydrogen (secondary N) is 1. The van der Waals surface area contributed by atoms with E-state index in [0.717, 1.165) is 70.4 Å². The van der Waals surface area contributed by atoms with Crippen molar-refractivity contribution in [3.8, 4) is 0 Å². The summed E-state index contributed by atoms with van der Waals surface area (Å²) in [5.74, 6) is -0.814. The van der Waals surface area contributed by atoms with Crippen molar-refractivity contribution >= 4 is 180 Å². The molecule has 0 radical (unpaired) electrons. The second-order valence-corrected chi connectivity index (χ2v) is 34.3. The summed E-state index contributed by atoms with van der Waals surface area (Å²) in [7, 11) is 5.33. The summed E-state index contributed by atoms with van der Waals surface area (Å²) in [6.45, 7) is 21.0. The quantitative estimate of drug-likeness (QED) is 0.0604. The van der Waals surface area contributed by atoms with E-state index in [1.165, 1.54) is 37.0 Å². The van der Waals surface area contributed by atoms with Gasteiger partial charge >= 0.3 is 23.0 Å². The number of halogens is 5. The maximum Gasteiger partial charge on any atom is 0.316 e. The lowest BCUT2D eigenvalue weighted by atomic mass is 9.82. The lowest BCUT2D eigenvalue weighted by molar-refractivity contribution is -0.151. The molecule has 576 valence electrons. The van der Waals surface area contributed by atoms with Gasteiger partial charge in [0.2, 0.25) is 11.8 Å². The number of piperidine rings is 2. The SMILES string of the molecule is CCN(C(=O)C(=O)Cl)c1ccccc1.CCN(C(=O)C(=O)N(C)[C@](CCN1CCC2(CC1)c1ccccc1CS2=O)(CN(C)C(=O)C(C)(C)C)c1ccc(Cl)c(Cl)c1)c1ccccc1.CN[C@](CCN1CCC2(CC1)c1ccccc1CS2=O)(CN(C)C(=O)C(C)(C)C)c1ccc(Cl)c(Cl)c1.S.S.S.S. The average Bonchev–Trinajstić information content (AvgIpc) is 1.69. The summed E-state index contributed by atoms with van der Waals surface area (Å²) in [4.78, 5) is 89.9. The zero-order valence-corrected chi connectivity index (χ0v) is 71.6. The lowest BCUT2D eigenvalue weighted by Crippen LogP contribution is -2.59. The Morgan fingerprint density at radius 1 is 0.486 bits per heavy atom. The molecule has 1 N–H and O–H groups in total. The van der Waals surface area contributed by atoms with E-state index in [9.17, 15) is 37.2 Å². The minimum atomic E-state index is -1.16. The Kier molecular flexibility index (Phi) is 35.2. The first-order chi connectivity index (χ1) is 47.7. The molecule has 27 heteroatoms. The van der Waals surface area contributed by atoms with Crippen LogP contribution < -0.4 is 15.1 Å². The van der Waals surface area contributed by atoms with Gasteiger partial charge in [0.05, 0.1) is 40.7 Å². The molecule has 4 atom stereocenters. The Balaban J connectivity index is 0.000000372. The minimum Gasteiger partial charge on any atom is -0.343 e. The fourth-order valence-electron chi connectivity index (χ4n) is 14.7. The van der Waals surface area contributed by atoms with Crippen LogP contribution in [-0.4, -0.2) is 161 Å². The molecular formula is C78H105Cl5N8O8S6. The first-order valence-electron chi connectivity index (χ1n) is 34.4. The van der Waals surface area contributed by atoms with Gasteiger partial charge in [0.25, 0.3) is 0 Å². The maximum absolute atomic E-state index is 14.4. The van der Waals surface area contributed by atoms with Gasteiger partial charge in [0, 0.05) is 116 Å². The molecule has 2 saturated heterocycles. The molecule has 105 heavy (non-hydrogen) atoms. The van der Waals surface area contributed by atoms with Crippen molar-refractivity contribution in [3.05, 3.63) is 199 Å². The van der Waals surface area contributed by atoms with Gasteiger partial charge in [-0.2, -0.15) is 54.0 Å². The largest absolute Gasteiger partial charge is 0.343 e. The van der Waals surface area contributed by atoms with Gasteiger partial charge in [0.15, 0.2) is 0 Å². The van der Waals surface area contributed by atoms with Crippen molar-refractivity contribution in [2.75, 3.05) is 103 Å². The molecule has 4 aliphatic heterocycles. The number of carbonyl (C=O) groups is 6. The fourth-order valence-corrected chi connectivity index (χ4v) is 19.2. The topological polar surface area (TPSA) is 171 Å². The van der Waals surface area contributed by atoms with Crippen molar-refractivity contribution in [3.63, 3.8) is 0 Å². The molecule has 0 saturated carbocycles. The number of likely N-dealkylation sites (N-methyl/N-ethyl adjacent to an activating group) is 6. The lowest BCUT2D eigenvalue weighted by Gasteiger charge is -2.47. The van der Waals surface area contributed by atoms with Crippen LogP contribution in [0.5, 0.6) is 0 Å². The Hall–Kier alpha value is -4.63. The molecule has 0 aliphatic carbocycles. The molecule has 5 amide bonds. The van der Waals surface area contributed by atoms with E-state index in [-0.39, 0.29) is 81.8 Å². The number of amides is 5. The molecule has 4 aliphatic rings. The highest BCUT2D eigenvalue weighted by Crippen LogP contribution is 2.49. The van der Waals surface area contributed by atoms with Gasteiger partial charge in [-0.05, 0) is 179 Å². The maximum atomic E-state index is 14.4. The molecule has 2 fully saturated rings. The molecule has 6 aromatic rings. The van der Waals surface area contributed by atoms with Crippen LogP contribution in [0.3, 0.4) is 0 Å². The number of nitrogens with zero attached hydrogens (tertiary/aromatic N) is 7. The van der Waals surface area contributed by atoms with Crippen LogP contribution in [0.4, 0.5) is 11.4 Å². The second kappa shape index (κ2) is 39.8. The first-order valence-corrected chi connectivity index (χ1v) is 39.0. The van der Waals surface area contributed by atoms with Gasteiger partial charge in [0.1, 0.15) is 0 Å². The van der Waals surface area contributed by atoms with Crippen molar-refractivity contribution in [2.45, 2.75) is 126 Å². The highest BCUT2D eigenvalue weighted by molar-refractivity contribution is 7.85. The Bertz CT molecular complexity index is 4010. The molecule has 16 nitrogen and oxygen atoms in total. The summed E-state index contributed by atoms with van der Waals surface area (Å²) in [5, 5.41) is 4.29. The average molecular weight is 1650 g/mol. The van der Waals surface area contributed by atoms with Crippen LogP contribution in [0, 0.1) is 10.8 Å². The number of anilines is 2. The predicted octanol–water partition coefficient (Wildman–Crippen LogP) is 14.7. The number of hydrogen-bond donors (Lipinski definition) is 1. The van der Waals surface area contributed by atoms with Gasteiger partial charge < -0.3 is 39.6 Å². The number of benzene rings is 6. The smallest absolute Gasteiger partial charge is 0.316 e. The van der Waals surface area contributed by atoms with E-state index in [2.05, 4.69) is 45.4 Å². The van der Waals surface area contributed by atoms with E-state index < -0.39 is 66.5 Å². The van der Waals surface area contributed by atoms with Crippen molar-refractivity contribution < 1.29 is 37.2 Å². The third-order valence-corrected chi connectivity index (χ3v) is 26.2. The van der Waals surface area contributed by atoms with E-state index in [1.54, 1.807) is 74.4 Å². The summed E-state index contributed by atoms with van der Waals surface area (Å²) >= 11 is 30.8. The number of hydrogen-bond acceptors (Lipinski definition) is 11. The number of rotatable bonds is 19. The molecule has 0 bridgehead atoms. The van der Waals surface area contributed by atoms with Crippen LogP contribution in [0.2, 0.25) is 20.1 Å². The third kappa shape index (κ3) is 21.3. The van der Waals surface area contributed by atoms with Crippen LogP contribution in [0.15, 0.2) is 146 Å². The molecular weight excluding hydrogens is 1550 g/mol. The zero-order chi connectivity index (χ0) is 74.0. The van der Waals surface area contributed by atoms with Gasteiger partial charge in [-0.25, -0.2) is 0 Å². The Labute approximate surface area is 680 Å². The summed E-state index contributed by atoms with van der Waals surface area (Å²) in [6, 6.07) is 45.7. The van der Waals surface area contributed by atoms with E-state index in [1.807, 2.05) is 134 Å². The first kappa shape index (κ1) is 92.8. The predicted molar refractivity (Wildman–Crippen MR) is 454 cm³/mol. The van der Waals surface area contributed by atoms with E-state index in [4.69, 9.17) is 58.0 Å². The normalized spacial score (nSPS) is 17.4. The van der Waals surface area contributed by atoms with Crippen LogP contribution in [0.25, 0.3) is 0 Å². The molecule has 4 heterocycles. The highest BCUT2D eigenvalue weighted by Gasteiger charge is 2.50. The summed E-state index contributed by atoms with van der Waals surface area (Å²) in [6.07, 6.45) is 4.50. The van der Waals surface area contributed by atoms with E-state index in [0.29, 0.717) is 81.1 Å². The second-order valence-electron chi connectivity index (χ2n) is 28.8. The summed E-state index contributed by atoms with van der Waals surface area (Å²) in [5.41, 5.74) is 5.07. The highest BCUT2D eigenvalue weighted by atomic mass is 35.5. The number of likely N-dealkylation sites (tertiary alicyclic amines) is 2. The molecule has 2 unspecified atom stereocenters. The number of para-hydroxylation sites is 2. The Morgan fingerprint density at radius 2 is 0.857 bits per heavy atom.